The topological polar surface area (TPSA) is 83.8 Å². The first-order chi connectivity index (χ1) is 13.9. The van der Waals surface area contributed by atoms with Crippen molar-refractivity contribution in [3.8, 4) is 5.75 Å². The van der Waals surface area contributed by atoms with Gasteiger partial charge in [0.15, 0.2) is 5.76 Å². The van der Waals surface area contributed by atoms with E-state index in [0.29, 0.717) is 30.1 Å². The molecule has 1 aromatic heterocycles. The number of nitrogens with one attached hydrogen (secondary N) is 2. The molecule has 2 aromatic carbocycles. The zero-order valence-electron chi connectivity index (χ0n) is 17.0. The molecule has 0 fully saturated rings. The number of fused-ring (bicyclic) bond motifs is 1. The predicted octanol–water partition coefficient (Wildman–Crippen LogP) is 3.18. The molecule has 3 rings (SSSR count). The van der Waals surface area contributed by atoms with Gasteiger partial charge in [0.2, 0.25) is 5.91 Å². The lowest BCUT2D eigenvalue weighted by Gasteiger charge is -2.11. The number of furan rings is 1. The minimum Gasteiger partial charge on any atom is -0.497 e. The Bertz CT molecular complexity index is 1040. The minimum absolute atomic E-state index is 0.0930. The van der Waals surface area contributed by atoms with Gasteiger partial charge in [-0.05, 0) is 56.9 Å². The second kappa shape index (κ2) is 8.79. The van der Waals surface area contributed by atoms with Gasteiger partial charge in [-0.3, -0.25) is 9.59 Å². The first-order valence-corrected chi connectivity index (χ1v) is 9.26. The van der Waals surface area contributed by atoms with Crippen LogP contribution >= 0.6 is 0 Å². The van der Waals surface area contributed by atoms with E-state index in [9.17, 15) is 9.59 Å². The Kier molecular flexibility index (Phi) is 6.19. The molecule has 1 heterocycles. The maximum absolute atomic E-state index is 12.6. The molecule has 0 aliphatic rings. The average Bonchev–Trinajstić information content (AvgIpc) is 3.01. The first-order valence-electron chi connectivity index (χ1n) is 9.26. The van der Waals surface area contributed by atoms with Crippen LogP contribution in [0.1, 0.15) is 21.7 Å². The summed E-state index contributed by atoms with van der Waals surface area (Å²) in [4.78, 5) is 26.3. The zero-order valence-corrected chi connectivity index (χ0v) is 17.0. The highest BCUT2D eigenvalue weighted by atomic mass is 16.5. The molecular weight excluding hydrogens is 370 g/mol. The van der Waals surface area contributed by atoms with Gasteiger partial charge in [-0.15, -0.1) is 0 Å². The molecule has 29 heavy (non-hydrogen) atoms. The van der Waals surface area contributed by atoms with Crippen molar-refractivity contribution >= 4 is 28.5 Å². The highest BCUT2D eigenvalue weighted by Gasteiger charge is 2.18. The summed E-state index contributed by atoms with van der Waals surface area (Å²) in [5.74, 6) is 0.606. The van der Waals surface area contributed by atoms with Gasteiger partial charge in [-0.2, -0.15) is 0 Å². The van der Waals surface area contributed by atoms with Gasteiger partial charge < -0.3 is 24.7 Å². The van der Waals surface area contributed by atoms with Crippen LogP contribution in [0.2, 0.25) is 0 Å². The van der Waals surface area contributed by atoms with E-state index in [1.54, 1.807) is 24.1 Å². The smallest absolute Gasteiger partial charge is 0.287 e. The monoisotopic (exact) mass is 395 g/mol. The van der Waals surface area contributed by atoms with Crippen molar-refractivity contribution in [2.45, 2.75) is 13.5 Å². The van der Waals surface area contributed by atoms with Crippen molar-refractivity contribution in [1.82, 2.24) is 10.2 Å². The summed E-state index contributed by atoms with van der Waals surface area (Å²) in [6.45, 7) is 2.47. The van der Waals surface area contributed by atoms with Gasteiger partial charge in [0.25, 0.3) is 5.91 Å². The Labute approximate surface area is 169 Å². The lowest BCUT2D eigenvalue weighted by molar-refractivity contribution is -0.116. The SMILES string of the molecule is COc1ccc2oc(C(=O)NCc3cccc(NC(=O)CN(C)C)c3)c(C)c2c1. The second-order valence-corrected chi connectivity index (χ2v) is 7.09. The van der Waals surface area contributed by atoms with Crippen LogP contribution in [0.4, 0.5) is 5.69 Å². The number of likely N-dealkylation sites (N-methyl/N-ethyl adjacent to an activating group) is 1. The summed E-state index contributed by atoms with van der Waals surface area (Å²) in [7, 11) is 5.27. The van der Waals surface area contributed by atoms with Gasteiger partial charge >= 0.3 is 0 Å². The van der Waals surface area contributed by atoms with Crippen LogP contribution in [-0.4, -0.2) is 44.5 Å². The summed E-state index contributed by atoms with van der Waals surface area (Å²) in [5, 5.41) is 6.57. The Hall–Kier alpha value is -3.32. The molecule has 3 aromatic rings. The second-order valence-electron chi connectivity index (χ2n) is 7.09. The molecule has 7 heteroatoms. The van der Waals surface area contributed by atoms with Crippen LogP contribution in [-0.2, 0) is 11.3 Å². The Morgan fingerprint density at radius 1 is 1.14 bits per heavy atom. The van der Waals surface area contributed by atoms with Gasteiger partial charge in [0.05, 0.1) is 13.7 Å². The van der Waals surface area contributed by atoms with E-state index >= 15 is 0 Å². The van der Waals surface area contributed by atoms with Gasteiger partial charge in [-0.25, -0.2) is 0 Å². The number of hydrogen-bond acceptors (Lipinski definition) is 5. The van der Waals surface area contributed by atoms with Crippen molar-refractivity contribution in [3.63, 3.8) is 0 Å². The number of rotatable bonds is 7. The van der Waals surface area contributed by atoms with Crippen molar-refractivity contribution in [1.29, 1.82) is 0 Å². The maximum atomic E-state index is 12.6. The largest absolute Gasteiger partial charge is 0.497 e. The van der Waals surface area contributed by atoms with Crippen LogP contribution in [0.15, 0.2) is 46.9 Å². The van der Waals surface area contributed by atoms with Crippen LogP contribution in [0.5, 0.6) is 5.75 Å². The molecule has 0 aliphatic heterocycles. The number of aryl methyl sites for hydroxylation is 1. The fourth-order valence-electron chi connectivity index (χ4n) is 3.05. The number of carbonyl (C=O) groups is 2. The van der Waals surface area contributed by atoms with Crippen molar-refractivity contribution in [2.24, 2.45) is 0 Å². The lowest BCUT2D eigenvalue weighted by atomic mass is 10.1. The fraction of sp³-hybridized carbons (Fsp3) is 0.273. The predicted molar refractivity (Wildman–Crippen MR) is 112 cm³/mol. The molecule has 0 aliphatic carbocycles. The number of benzene rings is 2. The summed E-state index contributed by atoms with van der Waals surface area (Å²) in [6, 6.07) is 12.8. The van der Waals surface area contributed by atoms with Crippen molar-refractivity contribution in [2.75, 3.05) is 33.1 Å². The normalized spacial score (nSPS) is 10.9. The molecule has 2 amide bonds. The molecular formula is C22H25N3O4. The number of hydrogen-bond donors (Lipinski definition) is 2. The number of methoxy groups -OCH3 is 1. The van der Waals surface area contributed by atoms with Gasteiger partial charge in [0, 0.05) is 23.2 Å². The van der Waals surface area contributed by atoms with E-state index in [0.717, 1.165) is 16.5 Å². The molecule has 0 saturated heterocycles. The summed E-state index contributed by atoms with van der Waals surface area (Å²) in [5.41, 5.74) is 2.96. The van der Waals surface area contributed by atoms with Crippen LogP contribution < -0.4 is 15.4 Å². The van der Waals surface area contributed by atoms with E-state index in [1.165, 1.54) is 0 Å². The van der Waals surface area contributed by atoms with E-state index in [-0.39, 0.29) is 17.6 Å². The molecule has 0 bridgehead atoms. The van der Waals surface area contributed by atoms with Crippen molar-refractivity contribution in [3.05, 3.63) is 59.4 Å². The van der Waals surface area contributed by atoms with Crippen LogP contribution in [0.3, 0.4) is 0 Å². The van der Waals surface area contributed by atoms with Crippen molar-refractivity contribution < 1.29 is 18.7 Å². The zero-order chi connectivity index (χ0) is 21.0. The van der Waals surface area contributed by atoms with E-state index in [1.807, 2.05) is 51.4 Å². The summed E-state index contributed by atoms with van der Waals surface area (Å²) >= 11 is 0. The number of amides is 2. The summed E-state index contributed by atoms with van der Waals surface area (Å²) < 4.78 is 11.0. The number of nitrogens with zero attached hydrogens (tertiary/aromatic N) is 1. The summed E-state index contributed by atoms with van der Waals surface area (Å²) in [6.07, 6.45) is 0. The highest BCUT2D eigenvalue weighted by molar-refractivity contribution is 5.99. The fourth-order valence-corrected chi connectivity index (χ4v) is 3.05. The number of anilines is 1. The van der Waals surface area contributed by atoms with E-state index in [2.05, 4.69) is 10.6 Å². The third-order valence-corrected chi connectivity index (χ3v) is 4.47. The standard InChI is InChI=1S/C22H25N3O4/c1-14-18-11-17(28-4)8-9-19(18)29-21(14)22(27)23-12-15-6-5-7-16(10-15)24-20(26)13-25(2)3/h5-11H,12-13H2,1-4H3,(H,23,27)(H,24,26). The Morgan fingerprint density at radius 3 is 2.66 bits per heavy atom. The molecule has 7 nitrogen and oxygen atoms in total. The van der Waals surface area contributed by atoms with Crippen LogP contribution in [0.25, 0.3) is 11.0 Å². The molecule has 152 valence electrons. The Balaban J connectivity index is 1.68. The molecule has 0 radical (unpaired) electrons. The van der Waals surface area contributed by atoms with Crippen LogP contribution in [0, 0.1) is 6.92 Å². The minimum atomic E-state index is -0.292. The molecule has 2 N–H and O–H groups in total. The third-order valence-electron chi connectivity index (χ3n) is 4.47. The molecule has 0 atom stereocenters. The molecule has 0 spiro atoms. The quantitative estimate of drug-likeness (QED) is 0.642. The first kappa shape index (κ1) is 20.4. The van der Waals surface area contributed by atoms with E-state index in [4.69, 9.17) is 9.15 Å². The maximum Gasteiger partial charge on any atom is 0.287 e. The lowest BCUT2D eigenvalue weighted by Crippen LogP contribution is -2.27. The highest BCUT2D eigenvalue weighted by Crippen LogP contribution is 2.28. The number of ether oxygens (including phenoxy) is 1. The average molecular weight is 395 g/mol. The Morgan fingerprint density at radius 2 is 1.93 bits per heavy atom. The third kappa shape index (κ3) is 4.94. The van der Waals surface area contributed by atoms with Gasteiger partial charge in [0.1, 0.15) is 11.3 Å². The number of carbonyl (C=O) groups excluding carboxylic acids is 2. The van der Waals surface area contributed by atoms with Gasteiger partial charge in [-0.1, -0.05) is 12.1 Å². The van der Waals surface area contributed by atoms with E-state index < -0.39 is 0 Å². The molecule has 0 saturated carbocycles. The molecule has 0 unspecified atom stereocenters.